The Bertz CT molecular complexity index is 410. The highest BCUT2D eigenvalue weighted by Crippen LogP contribution is 2.04. The standard InChI is InChI=1S/C18H28N2O/c1-2-3-5-10-18(21)19-17-11-13-20(14-12-17)15-16-8-6-4-7-9-16/h4,6-9,17H,2-3,5,10-15H2,1H3,(H,19,21)/p+1. The smallest absolute Gasteiger partial charge is 0.220 e. The van der Waals surface area contributed by atoms with Crippen molar-refractivity contribution in [3.05, 3.63) is 35.9 Å². The van der Waals surface area contributed by atoms with Gasteiger partial charge in [-0.2, -0.15) is 0 Å². The summed E-state index contributed by atoms with van der Waals surface area (Å²) in [5, 5.41) is 3.21. The Morgan fingerprint density at radius 1 is 1.19 bits per heavy atom. The van der Waals surface area contributed by atoms with Crippen LogP contribution in [0.3, 0.4) is 0 Å². The lowest BCUT2D eigenvalue weighted by Crippen LogP contribution is -3.12. The Morgan fingerprint density at radius 2 is 1.90 bits per heavy atom. The highest BCUT2D eigenvalue weighted by Gasteiger charge is 2.23. The van der Waals surface area contributed by atoms with Crippen LogP contribution in [0, 0.1) is 0 Å². The molecular formula is C18H29N2O+. The number of rotatable bonds is 7. The van der Waals surface area contributed by atoms with E-state index in [4.69, 9.17) is 0 Å². The first-order chi connectivity index (χ1) is 10.3. The number of hydrogen-bond donors (Lipinski definition) is 2. The van der Waals surface area contributed by atoms with Gasteiger partial charge in [-0.3, -0.25) is 4.79 Å². The van der Waals surface area contributed by atoms with Crippen molar-refractivity contribution < 1.29 is 9.69 Å². The minimum Gasteiger partial charge on any atom is -0.353 e. The molecule has 0 atom stereocenters. The Hall–Kier alpha value is -1.35. The maximum absolute atomic E-state index is 11.8. The molecule has 0 aliphatic carbocycles. The molecule has 1 fully saturated rings. The average Bonchev–Trinajstić information content (AvgIpc) is 2.51. The lowest BCUT2D eigenvalue weighted by Gasteiger charge is -2.29. The number of carbonyl (C=O) groups excluding carboxylic acids is 1. The second-order valence-electron chi connectivity index (χ2n) is 6.21. The van der Waals surface area contributed by atoms with Gasteiger partial charge in [0.1, 0.15) is 6.54 Å². The zero-order chi connectivity index (χ0) is 14.9. The van der Waals surface area contributed by atoms with Crippen LogP contribution in [-0.2, 0) is 11.3 Å². The van der Waals surface area contributed by atoms with Crippen LogP contribution in [0.25, 0.3) is 0 Å². The third-order valence-electron chi connectivity index (χ3n) is 4.36. The molecule has 0 radical (unpaired) electrons. The maximum atomic E-state index is 11.8. The van der Waals surface area contributed by atoms with Gasteiger partial charge in [-0.1, -0.05) is 50.1 Å². The highest BCUT2D eigenvalue weighted by atomic mass is 16.1. The molecule has 0 spiro atoms. The van der Waals surface area contributed by atoms with Crippen molar-refractivity contribution in [3.8, 4) is 0 Å². The van der Waals surface area contributed by atoms with Crippen molar-refractivity contribution in [3.63, 3.8) is 0 Å². The Morgan fingerprint density at radius 3 is 2.57 bits per heavy atom. The van der Waals surface area contributed by atoms with Crippen molar-refractivity contribution in [2.45, 2.75) is 58.0 Å². The molecule has 2 N–H and O–H groups in total. The molecule has 0 unspecified atom stereocenters. The first-order valence-electron chi connectivity index (χ1n) is 8.44. The monoisotopic (exact) mass is 289 g/mol. The summed E-state index contributed by atoms with van der Waals surface area (Å²) in [6.07, 6.45) is 6.29. The molecule has 0 bridgehead atoms. The van der Waals surface area contributed by atoms with Gasteiger partial charge >= 0.3 is 0 Å². The van der Waals surface area contributed by atoms with Gasteiger partial charge in [0.2, 0.25) is 5.91 Å². The molecule has 3 heteroatoms. The van der Waals surface area contributed by atoms with E-state index in [2.05, 4.69) is 42.6 Å². The van der Waals surface area contributed by atoms with Crippen molar-refractivity contribution >= 4 is 5.91 Å². The van der Waals surface area contributed by atoms with Crippen LogP contribution in [0.4, 0.5) is 0 Å². The van der Waals surface area contributed by atoms with Gasteiger partial charge < -0.3 is 10.2 Å². The van der Waals surface area contributed by atoms with Gasteiger partial charge in [0.15, 0.2) is 0 Å². The number of carbonyl (C=O) groups is 1. The van der Waals surface area contributed by atoms with Gasteiger partial charge in [0.25, 0.3) is 0 Å². The molecule has 2 rings (SSSR count). The van der Waals surface area contributed by atoms with Crippen molar-refractivity contribution in [2.24, 2.45) is 0 Å². The number of benzene rings is 1. The summed E-state index contributed by atoms with van der Waals surface area (Å²) < 4.78 is 0. The Balaban J connectivity index is 1.65. The lowest BCUT2D eigenvalue weighted by atomic mass is 10.0. The van der Waals surface area contributed by atoms with E-state index >= 15 is 0 Å². The van der Waals surface area contributed by atoms with Gasteiger partial charge in [-0.05, 0) is 6.42 Å². The third-order valence-corrected chi connectivity index (χ3v) is 4.36. The summed E-state index contributed by atoms with van der Waals surface area (Å²) in [7, 11) is 0. The molecule has 1 aromatic carbocycles. The summed E-state index contributed by atoms with van der Waals surface area (Å²) >= 11 is 0. The molecule has 1 aromatic rings. The molecule has 1 saturated heterocycles. The van der Waals surface area contributed by atoms with Crippen LogP contribution >= 0.6 is 0 Å². The largest absolute Gasteiger partial charge is 0.353 e. The summed E-state index contributed by atoms with van der Waals surface area (Å²) in [5.74, 6) is 0.250. The van der Waals surface area contributed by atoms with E-state index in [-0.39, 0.29) is 5.91 Å². The molecule has 1 heterocycles. The quantitative estimate of drug-likeness (QED) is 0.739. The number of nitrogens with one attached hydrogen (secondary N) is 2. The van der Waals surface area contributed by atoms with Crippen LogP contribution < -0.4 is 10.2 Å². The van der Waals surface area contributed by atoms with E-state index < -0.39 is 0 Å². The van der Waals surface area contributed by atoms with Gasteiger partial charge in [0, 0.05) is 30.9 Å². The predicted octanol–water partition coefficient (Wildman–Crippen LogP) is 1.93. The molecule has 21 heavy (non-hydrogen) atoms. The average molecular weight is 289 g/mol. The molecule has 3 nitrogen and oxygen atoms in total. The fourth-order valence-electron chi connectivity index (χ4n) is 3.07. The van der Waals surface area contributed by atoms with Crippen LogP contribution in [0.5, 0.6) is 0 Å². The first kappa shape index (κ1) is 16.0. The van der Waals surface area contributed by atoms with Crippen molar-refractivity contribution in [1.29, 1.82) is 0 Å². The normalized spacial score (nSPS) is 22.0. The number of quaternary nitrogens is 1. The molecule has 0 saturated carbocycles. The van der Waals surface area contributed by atoms with E-state index in [0.29, 0.717) is 12.5 Å². The topological polar surface area (TPSA) is 33.5 Å². The molecular weight excluding hydrogens is 260 g/mol. The highest BCUT2D eigenvalue weighted by molar-refractivity contribution is 5.76. The second kappa shape index (κ2) is 8.83. The Kier molecular flexibility index (Phi) is 6.74. The second-order valence-corrected chi connectivity index (χ2v) is 6.21. The summed E-state index contributed by atoms with van der Waals surface area (Å²) in [6, 6.07) is 11.1. The Labute approximate surface area is 128 Å². The van der Waals surface area contributed by atoms with Crippen LogP contribution in [0.1, 0.15) is 51.0 Å². The number of piperidine rings is 1. The number of unbranched alkanes of at least 4 members (excludes halogenated alkanes) is 2. The van der Waals surface area contributed by atoms with E-state index in [1.807, 2.05) is 0 Å². The minimum atomic E-state index is 0.250. The van der Waals surface area contributed by atoms with E-state index in [1.54, 1.807) is 4.90 Å². The molecule has 1 amide bonds. The van der Waals surface area contributed by atoms with Crippen LogP contribution in [-0.4, -0.2) is 25.0 Å². The summed E-state index contributed by atoms with van der Waals surface area (Å²) in [5.41, 5.74) is 1.41. The number of likely N-dealkylation sites (tertiary alicyclic amines) is 1. The van der Waals surface area contributed by atoms with Gasteiger partial charge in [-0.25, -0.2) is 0 Å². The minimum absolute atomic E-state index is 0.250. The fourth-order valence-corrected chi connectivity index (χ4v) is 3.07. The van der Waals surface area contributed by atoms with E-state index in [1.165, 1.54) is 12.0 Å². The third kappa shape index (κ3) is 5.88. The van der Waals surface area contributed by atoms with Gasteiger partial charge in [0.05, 0.1) is 13.1 Å². The van der Waals surface area contributed by atoms with Crippen LogP contribution in [0.2, 0.25) is 0 Å². The lowest BCUT2D eigenvalue weighted by molar-refractivity contribution is -0.918. The molecule has 1 aliphatic heterocycles. The number of hydrogen-bond acceptors (Lipinski definition) is 1. The van der Waals surface area contributed by atoms with Gasteiger partial charge in [-0.15, -0.1) is 0 Å². The fraction of sp³-hybridized carbons (Fsp3) is 0.611. The van der Waals surface area contributed by atoms with E-state index in [0.717, 1.165) is 45.3 Å². The molecule has 1 aliphatic rings. The summed E-state index contributed by atoms with van der Waals surface area (Å²) in [6.45, 7) is 5.60. The van der Waals surface area contributed by atoms with Crippen molar-refractivity contribution in [2.75, 3.05) is 13.1 Å². The molecule has 0 aromatic heterocycles. The summed E-state index contributed by atoms with van der Waals surface area (Å²) in [4.78, 5) is 13.5. The van der Waals surface area contributed by atoms with Crippen LogP contribution in [0.15, 0.2) is 30.3 Å². The zero-order valence-corrected chi connectivity index (χ0v) is 13.2. The zero-order valence-electron chi connectivity index (χ0n) is 13.2. The van der Waals surface area contributed by atoms with E-state index in [9.17, 15) is 4.79 Å². The SMILES string of the molecule is CCCCCC(=O)NC1CC[NH+](Cc2ccccc2)CC1. The maximum Gasteiger partial charge on any atom is 0.220 e. The first-order valence-corrected chi connectivity index (χ1v) is 8.44. The molecule has 116 valence electrons. The number of amides is 1. The predicted molar refractivity (Wildman–Crippen MR) is 86.1 cm³/mol. The van der Waals surface area contributed by atoms with Crippen molar-refractivity contribution in [1.82, 2.24) is 5.32 Å².